The Balaban J connectivity index is 1.48. The highest BCUT2D eigenvalue weighted by Crippen LogP contribution is 2.42. The minimum Gasteiger partial charge on any atom is -0.348 e. The van der Waals surface area contributed by atoms with Gasteiger partial charge in [0.05, 0.1) is 17.8 Å². The molecule has 0 saturated carbocycles. The standard InChI is InChI=1S/C28H20ClFN2O2S/c29-21-11-8-18(9-12-21)16-31-27(33)20-10-13-26-24(15-20)32(17-19-4-3-5-22(30)14-19)28(34)23-6-1-2-7-25(23)35-26/h1-15H,16-17H2,(H,31,33). The number of carbonyl (C=O) groups is 2. The third-order valence-corrected chi connectivity index (χ3v) is 7.08. The van der Waals surface area contributed by atoms with E-state index < -0.39 is 0 Å². The van der Waals surface area contributed by atoms with Crippen LogP contribution in [0.5, 0.6) is 0 Å². The number of benzene rings is 4. The van der Waals surface area contributed by atoms with E-state index >= 15 is 0 Å². The minimum atomic E-state index is -0.366. The van der Waals surface area contributed by atoms with Crippen molar-refractivity contribution in [3.05, 3.63) is 124 Å². The summed E-state index contributed by atoms with van der Waals surface area (Å²) >= 11 is 7.41. The predicted octanol–water partition coefficient (Wildman–Crippen LogP) is 6.72. The number of hydrogen-bond acceptors (Lipinski definition) is 3. The molecule has 0 atom stereocenters. The van der Waals surface area contributed by atoms with Gasteiger partial charge in [-0.15, -0.1) is 0 Å². The second-order valence-electron chi connectivity index (χ2n) is 8.11. The summed E-state index contributed by atoms with van der Waals surface area (Å²) in [5.74, 6) is -0.822. The van der Waals surface area contributed by atoms with Crippen LogP contribution in [0.3, 0.4) is 0 Å². The molecule has 4 aromatic rings. The van der Waals surface area contributed by atoms with Gasteiger partial charge in [0.2, 0.25) is 0 Å². The molecule has 174 valence electrons. The average Bonchev–Trinajstić information content (AvgIpc) is 2.98. The molecular weight excluding hydrogens is 483 g/mol. The topological polar surface area (TPSA) is 49.4 Å². The summed E-state index contributed by atoms with van der Waals surface area (Å²) in [6, 6.07) is 26.2. The van der Waals surface area contributed by atoms with Gasteiger partial charge >= 0.3 is 0 Å². The zero-order valence-electron chi connectivity index (χ0n) is 18.5. The molecule has 1 aliphatic heterocycles. The summed E-state index contributed by atoms with van der Waals surface area (Å²) in [7, 11) is 0. The monoisotopic (exact) mass is 502 g/mol. The van der Waals surface area contributed by atoms with Gasteiger partial charge in [-0.1, -0.05) is 59.8 Å². The number of nitrogens with one attached hydrogen (secondary N) is 1. The molecule has 0 saturated heterocycles. The molecule has 0 bridgehead atoms. The Bertz CT molecular complexity index is 1420. The number of fused-ring (bicyclic) bond motifs is 2. The van der Waals surface area contributed by atoms with E-state index in [4.69, 9.17) is 11.6 Å². The Morgan fingerprint density at radius 1 is 0.886 bits per heavy atom. The first-order valence-electron chi connectivity index (χ1n) is 11.0. The van der Waals surface area contributed by atoms with Crippen molar-refractivity contribution >= 4 is 40.9 Å². The van der Waals surface area contributed by atoms with Crippen molar-refractivity contribution in [2.45, 2.75) is 22.9 Å². The van der Waals surface area contributed by atoms with Crippen molar-refractivity contribution in [2.24, 2.45) is 0 Å². The molecule has 5 rings (SSSR count). The zero-order chi connectivity index (χ0) is 24.4. The Morgan fingerprint density at radius 2 is 1.69 bits per heavy atom. The SMILES string of the molecule is O=C(NCc1ccc(Cl)cc1)c1ccc2c(c1)N(Cc1cccc(F)c1)C(=O)c1ccccc1S2. The molecule has 4 aromatic carbocycles. The fourth-order valence-electron chi connectivity index (χ4n) is 3.92. The van der Waals surface area contributed by atoms with E-state index in [-0.39, 0.29) is 24.2 Å². The third-order valence-electron chi connectivity index (χ3n) is 5.69. The lowest BCUT2D eigenvalue weighted by Crippen LogP contribution is -2.31. The van der Waals surface area contributed by atoms with E-state index in [1.165, 1.54) is 23.9 Å². The van der Waals surface area contributed by atoms with Crippen LogP contribution in [0.15, 0.2) is 101 Å². The van der Waals surface area contributed by atoms with E-state index in [9.17, 15) is 14.0 Å². The van der Waals surface area contributed by atoms with Gasteiger partial charge in [0, 0.05) is 26.9 Å². The average molecular weight is 503 g/mol. The van der Waals surface area contributed by atoms with Crippen molar-refractivity contribution in [1.82, 2.24) is 5.32 Å². The van der Waals surface area contributed by atoms with Gasteiger partial charge in [0.1, 0.15) is 5.82 Å². The number of anilines is 1. The summed E-state index contributed by atoms with van der Waals surface area (Å²) in [6.45, 7) is 0.521. The molecule has 0 fully saturated rings. The van der Waals surface area contributed by atoms with Crippen LogP contribution in [-0.2, 0) is 13.1 Å². The Kier molecular flexibility index (Phi) is 6.57. The highest BCUT2D eigenvalue weighted by Gasteiger charge is 2.28. The van der Waals surface area contributed by atoms with E-state index in [0.717, 1.165) is 15.4 Å². The van der Waals surface area contributed by atoms with Crippen molar-refractivity contribution in [1.29, 1.82) is 0 Å². The largest absolute Gasteiger partial charge is 0.348 e. The molecule has 0 unspecified atom stereocenters. The first kappa shape index (κ1) is 23.1. The number of halogens is 2. The maximum Gasteiger partial charge on any atom is 0.259 e. The fourth-order valence-corrected chi connectivity index (χ4v) is 5.11. The first-order valence-corrected chi connectivity index (χ1v) is 12.2. The second-order valence-corrected chi connectivity index (χ2v) is 9.63. The highest BCUT2D eigenvalue weighted by atomic mass is 35.5. The second kappa shape index (κ2) is 9.94. The number of rotatable bonds is 5. The minimum absolute atomic E-state index is 0.175. The van der Waals surface area contributed by atoms with Crippen molar-refractivity contribution < 1.29 is 14.0 Å². The van der Waals surface area contributed by atoms with Gasteiger partial charge < -0.3 is 10.2 Å². The smallest absolute Gasteiger partial charge is 0.259 e. The van der Waals surface area contributed by atoms with Crippen LogP contribution in [0.25, 0.3) is 0 Å². The van der Waals surface area contributed by atoms with Crippen LogP contribution in [-0.4, -0.2) is 11.8 Å². The van der Waals surface area contributed by atoms with Gasteiger partial charge in [-0.05, 0) is 65.7 Å². The van der Waals surface area contributed by atoms with Crippen molar-refractivity contribution in [3.8, 4) is 0 Å². The van der Waals surface area contributed by atoms with E-state index in [2.05, 4.69) is 5.32 Å². The van der Waals surface area contributed by atoms with Crippen LogP contribution in [0.4, 0.5) is 10.1 Å². The third kappa shape index (κ3) is 5.09. The van der Waals surface area contributed by atoms with Crippen LogP contribution in [0.1, 0.15) is 31.8 Å². The predicted molar refractivity (Wildman–Crippen MR) is 137 cm³/mol. The van der Waals surface area contributed by atoms with Gasteiger partial charge in [-0.3, -0.25) is 9.59 Å². The molecule has 1 N–H and O–H groups in total. The van der Waals surface area contributed by atoms with E-state index in [1.54, 1.807) is 47.4 Å². The molecule has 0 radical (unpaired) electrons. The van der Waals surface area contributed by atoms with Gasteiger partial charge in [-0.25, -0.2) is 4.39 Å². The maximum atomic E-state index is 13.9. The van der Waals surface area contributed by atoms with Crippen LogP contribution in [0, 0.1) is 5.82 Å². The van der Waals surface area contributed by atoms with Crippen molar-refractivity contribution in [3.63, 3.8) is 0 Å². The van der Waals surface area contributed by atoms with Gasteiger partial charge in [0.15, 0.2) is 0 Å². The molecule has 4 nitrogen and oxygen atoms in total. The molecule has 35 heavy (non-hydrogen) atoms. The fraction of sp³-hybridized carbons (Fsp3) is 0.0714. The molecule has 2 amide bonds. The summed E-state index contributed by atoms with van der Waals surface area (Å²) in [5, 5.41) is 3.55. The lowest BCUT2D eigenvalue weighted by atomic mass is 10.1. The van der Waals surface area contributed by atoms with Crippen LogP contribution in [0.2, 0.25) is 5.02 Å². The highest BCUT2D eigenvalue weighted by molar-refractivity contribution is 7.99. The molecule has 0 aromatic heterocycles. The zero-order valence-corrected chi connectivity index (χ0v) is 20.1. The molecular formula is C28H20ClFN2O2S. The number of carbonyl (C=O) groups excluding carboxylic acids is 2. The lowest BCUT2D eigenvalue weighted by molar-refractivity contribution is 0.0947. The summed E-state index contributed by atoms with van der Waals surface area (Å²) in [6.07, 6.45) is 0. The summed E-state index contributed by atoms with van der Waals surface area (Å²) in [4.78, 5) is 29.9. The van der Waals surface area contributed by atoms with Gasteiger partial charge in [0.25, 0.3) is 11.8 Å². The lowest BCUT2D eigenvalue weighted by Gasteiger charge is -2.24. The molecule has 0 aliphatic carbocycles. The van der Waals surface area contributed by atoms with E-state index in [0.29, 0.717) is 33.9 Å². The van der Waals surface area contributed by atoms with Crippen molar-refractivity contribution in [2.75, 3.05) is 4.90 Å². The van der Waals surface area contributed by atoms with Gasteiger partial charge in [-0.2, -0.15) is 0 Å². The first-order chi connectivity index (χ1) is 17.0. The molecule has 1 heterocycles. The summed E-state index contributed by atoms with van der Waals surface area (Å²) in [5.41, 5.74) is 3.19. The normalized spacial score (nSPS) is 12.5. The van der Waals surface area contributed by atoms with Crippen LogP contribution < -0.4 is 10.2 Å². The molecule has 7 heteroatoms. The molecule has 0 spiro atoms. The Labute approximate surface area is 211 Å². The summed E-state index contributed by atoms with van der Waals surface area (Å²) < 4.78 is 13.9. The Morgan fingerprint density at radius 3 is 2.49 bits per heavy atom. The quantitative estimate of drug-likeness (QED) is 0.329. The maximum absolute atomic E-state index is 13.9. The molecule has 1 aliphatic rings. The van der Waals surface area contributed by atoms with E-state index in [1.807, 2.05) is 36.4 Å². The Hall–Kier alpha value is -3.61. The number of amides is 2. The number of nitrogens with zero attached hydrogens (tertiary/aromatic N) is 1. The number of hydrogen-bond donors (Lipinski definition) is 1. The van der Waals surface area contributed by atoms with Crippen LogP contribution >= 0.6 is 23.4 Å².